The van der Waals surface area contributed by atoms with Gasteiger partial charge >= 0.3 is 0 Å². The first-order chi connectivity index (χ1) is 15.4. The van der Waals surface area contributed by atoms with Gasteiger partial charge in [0.05, 0.1) is 5.60 Å². The van der Waals surface area contributed by atoms with Crippen molar-refractivity contribution in [2.24, 2.45) is 10.9 Å². The fraction of sp³-hybridized carbons (Fsp3) is 0.480. The third kappa shape index (κ3) is 11.7. The van der Waals surface area contributed by atoms with Crippen LogP contribution in [0.3, 0.4) is 0 Å². The molecule has 8 heteroatoms. The second kappa shape index (κ2) is 16.7. The highest BCUT2D eigenvalue weighted by Crippen LogP contribution is 2.33. The average molecular weight is 489 g/mol. The van der Waals surface area contributed by atoms with Gasteiger partial charge in [0.1, 0.15) is 12.1 Å². The maximum atomic E-state index is 12.9. The van der Waals surface area contributed by atoms with Gasteiger partial charge in [0.15, 0.2) is 0 Å². The molecule has 0 unspecified atom stereocenters. The van der Waals surface area contributed by atoms with E-state index in [9.17, 15) is 23.1 Å². The molecule has 0 aliphatic carbocycles. The number of nitrogens with two attached hydrogens (primary N) is 2. The normalized spacial score (nSPS) is 10.6. The Balaban J connectivity index is 0. The van der Waals surface area contributed by atoms with Crippen molar-refractivity contribution in [3.05, 3.63) is 70.0 Å². The summed E-state index contributed by atoms with van der Waals surface area (Å²) in [7, 11) is 1.50. The van der Waals surface area contributed by atoms with Crippen molar-refractivity contribution < 1.29 is 23.1 Å². The number of hydrogen-bond donors (Lipinski definition) is 4. The number of rotatable bonds is 6. The highest BCUT2D eigenvalue weighted by molar-refractivity contribution is 7.77. The van der Waals surface area contributed by atoms with Gasteiger partial charge in [-0.1, -0.05) is 39.8 Å². The van der Waals surface area contributed by atoms with E-state index in [0.717, 1.165) is 23.0 Å². The first kappa shape index (κ1) is 33.3. The summed E-state index contributed by atoms with van der Waals surface area (Å²) >= 11 is 3.03. The summed E-state index contributed by atoms with van der Waals surface area (Å²) in [4.78, 5) is 10.8. The molecule has 5 N–H and O–H groups in total. The van der Waals surface area contributed by atoms with E-state index < -0.39 is 12.0 Å². The van der Waals surface area contributed by atoms with Crippen LogP contribution in [0.4, 0.5) is 13.2 Å². The van der Waals surface area contributed by atoms with Gasteiger partial charge < -0.3 is 15.6 Å². The summed E-state index contributed by atoms with van der Waals surface area (Å²) in [6.45, 7) is 11.1. The summed E-state index contributed by atoms with van der Waals surface area (Å²) in [6, 6.07) is 9.06. The van der Waals surface area contributed by atoms with Gasteiger partial charge in [0.2, 0.25) is 0 Å². The number of hydrogen-bond acceptors (Lipinski definition) is 5. The molecule has 0 atom stereocenters. The van der Waals surface area contributed by atoms with Crippen LogP contribution in [0.1, 0.15) is 87.6 Å². The number of carbonyl (C=O) groups is 1. The molecule has 4 nitrogen and oxygen atoms in total. The van der Waals surface area contributed by atoms with Crippen LogP contribution in [0, 0.1) is 5.82 Å². The van der Waals surface area contributed by atoms with E-state index >= 15 is 0 Å². The molecule has 0 spiro atoms. The van der Waals surface area contributed by atoms with E-state index in [1.54, 1.807) is 38.1 Å². The maximum absolute atomic E-state index is 12.9. The number of thiol groups is 1. The van der Waals surface area contributed by atoms with E-state index in [-0.39, 0.29) is 23.2 Å². The minimum Gasteiger partial charge on any atom is -0.386 e. The van der Waals surface area contributed by atoms with Gasteiger partial charge in [0, 0.05) is 12.0 Å². The van der Waals surface area contributed by atoms with E-state index in [0.29, 0.717) is 12.0 Å². The number of benzene rings is 2. The van der Waals surface area contributed by atoms with Crippen LogP contribution in [-0.4, -0.2) is 18.4 Å². The van der Waals surface area contributed by atoms with E-state index in [4.69, 9.17) is 0 Å². The summed E-state index contributed by atoms with van der Waals surface area (Å²) in [5, 5.41) is 13.6. The van der Waals surface area contributed by atoms with Crippen molar-refractivity contribution in [3.63, 3.8) is 0 Å². The summed E-state index contributed by atoms with van der Waals surface area (Å²) in [6.07, 6.45) is -1.33. The van der Waals surface area contributed by atoms with Gasteiger partial charge in [-0.3, -0.25) is 5.14 Å². The molecule has 0 aromatic heterocycles. The molecule has 0 fully saturated rings. The summed E-state index contributed by atoms with van der Waals surface area (Å²) in [5.41, 5.74) is 6.84. The van der Waals surface area contributed by atoms with E-state index in [1.807, 2.05) is 27.7 Å². The molecular formula is C25H39F3N2O2S. The fourth-order valence-electron chi connectivity index (χ4n) is 3.09. The standard InChI is InChI=1S/C15H20F2O.C9H11FO.CH5N.H3NS/c1-9(2)13-7-11(15(16)17)8-14(10(3)4)12(13)5-6-18;1-9(2,11)7-4-3-5-8(10)6-7;2*1-2/h6-10,15H,5H2,1-4H3;3-6,11H,1-2H3;2H2,1H3;2H,1H2. The third-order valence-electron chi connectivity index (χ3n) is 4.66. The van der Waals surface area contributed by atoms with Crippen molar-refractivity contribution in [1.29, 1.82) is 0 Å². The number of aldehydes is 1. The lowest BCUT2D eigenvalue weighted by Gasteiger charge is -2.20. The average Bonchev–Trinajstić information content (AvgIpc) is 2.76. The van der Waals surface area contributed by atoms with Crippen molar-refractivity contribution in [1.82, 2.24) is 0 Å². The van der Waals surface area contributed by atoms with Crippen LogP contribution in [0.2, 0.25) is 0 Å². The van der Waals surface area contributed by atoms with Crippen molar-refractivity contribution in [2.45, 2.75) is 71.8 Å². The molecule has 0 heterocycles. The molecular weight excluding hydrogens is 449 g/mol. The van der Waals surface area contributed by atoms with Gasteiger partial charge in [0.25, 0.3) is 6.43 Å². The molecule has 33 heavy (non-hydrogen) atoms. The fourth-order valence-corrected chi connectivity index (χ4v) is 3.09. The number of halogens is 3. The van der Waals surface area contributed by atoms with E-state index in [2.05, 4.69) is 23.7 Å². The Morgan fingerprint density at radius 3 is 1.73 bits per heavy atom. The van der Waals surface area contributed by atoms with E-state index in [1.165, 1.54) is 19.2 Å². The van der Waals surface area contributed by atoms with Crippen LogP contribution in [0.15, 0.2) is 36.4 Å². The first-order valence-corrected chi connectivity index (χ1v) is 11.1. The molecule has 2 aromatic carbocycles. The third-order valence-corrected chi connectivity index (χ3v) is 4.66. The smallest absolute Gasteiger partial charge is 0.263 e. The second-order valence-electron chi connectivity index (χ2n) is 8.23. The Labute approximate surface area is 202 Å². The monoisotopic (exact) mass is 488 g/mol. The minimum absolute atomic E-state index is 0.0528. The van der Waals surface area contributed by atoms with Crippen molar-refractivity contribution in [3.8, 4) is 0 Å². The zero-order valence-electron chi connectivity index (χ0n) is 20.6. The van der Waals surface area contributed by atoms with Gasteiger partial charge in [-0.05, 0) is 79.3 Å². The lowest BCUT2D eigenvalue weighted by molar-refractivity contribution is -0.107. The molecule has 0 saturated carbocycles. The zero-order chi connectivity index (χ0) is 26.4. The largest absolute Gasteiger partial charge is 0.386 e. The summed E-state index contributed by atoms with van der Waals surface area (Å²) < 4.78 is 38.4. The molecule has 0 amide bonds. The van der Waals surface area contributed by atoms with Crippen LogP contribution in [0.5, 0.6) is 0 Å². The topological polar surface area (TPSA) is 89.3 Å². The highest BCUT2D eigenvalue weighted by atomic mass is 32.1. The van der Waals surface area contributed by atoms with Gasteiger partial charge in [-0.2, -0.15) is 0 Å². The van der Waals surface area contributed by atoms with Crippen molar-refractivity contribution in [2.75, 3.05) is 7.05 Å². The predicted molar refractivity (Wildman–Crippen MR) is 134 cm³/mol. The lowest BCUT2D eigenvalue weighted by Crippen LogP contribution is -2.15. The predicted octanol–water partition coefficient (Wildman–Crippen LogP) is 6.03. The van der Waals surface area contributed by atoms with Gasteiger partial charge in [-0.25, -0.2) is 13.2 Å². The number of aliphatic hydroxyl groups is 1. The number of carbonyl (C=O) groups excluding carboxylic acids is 1. The molecule has 0 aliphatic rings. The van der Waals surface area contributed by atoms with Crippen molar-refractivity contribution >= 4 is 19.1 Å². The molecule has 0 aliphatic heterocycles. The maximum Gasteiger partial charge on any atom is 0.263 e. The molecule has 0 radical (unpaired) electrons. The Kier molecular flexibility index (Phi) is 16.9. The lowest BCUT2D eigenvalue weighted by atomic mass is 9.85. The van der Waals surface area contributed by atoms with Crippen LogP contribution in [0.25, 0.3) is 0 Å². The Morgan fingerprint density at radius 2 is 1.45 bits per heavy atom. The van der Waals surface area contributed by atoms with Crippen LogP contribution < -0.4 is 10.9 Å². The minimum atomic E-state index is -2.47. The van der Waals surface area contributed by atoms with Gasteiger partial charge in [-0.15, -0.1) is 12.8 Å². The molecule has 2 aromatic rings. The molecule has 0 bridgehead atoms. The highest BCUT2D eigenvalue weighted by Gasteiger charge is 2.19. The Morgan fingerprint density at radius 1 is 1.00 bits per heavy atom. The first-order valence-electron chi connectivity index (χ1n) is 10.6. The van der Waals surface area contributed by atoms with Crippen LogP contribution >= 0.6 is 12.8 Å². The van der Waals surface area contributed by atoms with Crippen LogP contribution in [-0.2, 0) is 16.8 Å². The summed E-state index contributed by atoms with van der Waals surface area (Å²) in [5.74, 6) is -0.0445. The Hall–Kier alpha value is -1.87. The Bertz CT molecular complexity index is 795. The molecule has 0 saturated heterocycles. The molecule has 2 rings (SSSR count). The molecule has 188 valence electrons. The SMILES string of the molecule is CC(C)(O)c1cccc(F)c1.CC(C)c1cc(C(F)F)cc(C(C)C)c1CC=O.CN.NS. The quantitative estimate of drug-likeness (QED) is 0.295. The second-order valence-corrected chi connectivity index (χ2v) is 8.23. The number of alkyl halides is 2. The zero-order valence-corrected chi connectivity index (χ0v) is 21.5.